The molecule has 0 bridgehead atoms. The molecule has 8 heteroatoms. The molecule has 1 saturated carbocycles. The molecule has 3 aromatic heterocycles. The first-order chi connectivity index (χ1) is 15.3. The van der Waals surface area contributed by atoms with Crippen molar-refractivity contribution in [1.82, 2.24) is 24.3 Å². The molecule has 1 aromatic carbocycles. The summed E-state index contributed by atoms with van der Waals surface area (Å²) >= 11 is 0. The van der Waals surface area contributed by atoms with Crippen molar-refractivity contribution >= 4 is 11.2 Å². The van der Waals surface area contributed by atoms with Crippen molar-refractivity contribution in [2.45, 2.75) is 32.0 Å². The minimum atomic E-state index is -0.206. The van der Waals surface area contributed by atoms with E-state index in [0.717, 1.165) is 34.8 Å². The fourth-order valence-corrected chi connectivity index (χ4v) is 4.02. The zero-order valence-corrected chi connectivity index (χ0v) is 17.3. The van der Waals surface area contributed by atoms with Gasteiger partial charge in [-0.1, -0.05) is 0 Å². The molecule has 0 spiro atoms. The van der Waals surface area contributed by atoms with Crippen LogP contribution in [0.4, 0.5) is 0 Å². The zero-order chi connectivity index (χ0) is 20.8. The summed E-state index contributed by atoms with van der Waals surface area (Å²) in [7, 11) is 1.65. The molecule has 1 unspecified atom stereocenters. The third-order valence-electron chi connectivity index (χ3n) is 5.85. The number of benzene rings is 1. The third-order valence-corrected chi connectivity index (χ3v) is 5.85. The van der Waals surface area contributed by atoms with Crippen LogP contribution in [0, 0.1) is 5.92 Å². The molecule has 4 aromatic rings. The van der Waals surface area contributed by atoms with Gasteiger partial charge in [-0.15, -0.1) is 0 Å². The van der Waals surface area contributed by atoms with E-state index in [2.05, 4.69) is 21.3 Å². The van der Waals surface area contributed by atoms with Crippen molar-refractivity contribution in [3.8, 4) is 17.2 Å². The van der Waals surface area contributed by atoms with Gasteiger partial charge in [0, 0.05) is 24.5 Å². The van der Waals surface area contributed by atoms with E-state index in [1.165, 1.54) is 12.8 Å². The highest BCUT2D eigenvalue weighted by Crippen LogP contribution is 2.44. The summed E-state index contributed by atoms with van der Waals surface area (Å²) in [6.07, 6.45) is 9.91. The van der Waals surface area contributed by atoms with E-state index in [-0.39, 0.29) is 6.10 Å². The monoisotopic (exact) mass is 417 g/mol. The molecule has 2 aliphatic rings. The van der Waals surface area contributed by atoms with Crippen LogP contribution in [0.1, 0.15) is 30.1 Å². The number of fused-ring (bicyclic) bond motifs is 2. The van der Waals surface area contributed by atoms with Gasteiger partial charge >= 0.3 is 0 Å². The van der Waals surface area contributed by atoms with Gasteiger partial charge in [0.15, 0.2) is 23.3 Å². The van der Waals surface area contributed by atoms with Crippen molar-refractivity contribution < 1.29 is 14.2 Å². The lowest BCUT2D eigenvalue weighted by atomic mass is 10.1. The Labute approximate surface area is 179 Å². The average Bonchev–Trinajstić information content (AvgIpc) is 3.34. The van der Waals surface area contributed by atoms with E-state index in [9.17, 15) is 0 Å². The Morgan fingerprint density at radius 2 is 2.16 bits per heavy atom. The Morgan fingerprint density at radius 1 is 1.23 bits per heavy atom. The largest absolute Gasteiger partial charge is 0.493 e. The summed E-state index contributed by atoms with van der Waals surface area (Å²) in [6, 6.07) is 7.82. The van der Waals surface area contributed by atoms with Gasteiger partial charge in [-0.25, -0.2) is 9.97 Å². The predicted molar refractivity (Wildman–Crippen MR) is 113 cm³/mol. The van der Waals surface area contributed by atoms with Crippen molar-refractivity contribution in [2.24, 2.45) is 5.92 Å². The van der Waals surface area contributed by atoms with Crippen molar-refractivity contribution in [2.75, 3.05) is 13.7 Å². The summed E-state index contributed by atoms with van der Waals surface area (Å²) in [5.74, 6) is 2.75. The smallest absolute Gasteiger partial charge is 0.204 e. The summed E-state index contributed by atoms with van der Waals surface area (Å²) in [5, 5.41) is 4.49. The van der Waals surface area contributed by atoms with Gasteiger partial charge in [-0.2, -0.15) is 5.10 Å². The number of methoxy groups -OCH3 is 1. The zero-order valence-electron chi connectivity index (χ0n) is 17.3. The Hall–Kier alpha value is -3.55. The lowest BCUT2D eigenvalue weighted by molar-refractivity contribution is 0.0869. The van der Waals surface area contributed by atoms with Crippen LogP contribution >= 0.6 is 0 Å². The molecule has 1 aliphatic carbocycles. The number of ether oxygens (including phenoxy) is 3. The van der Waals surface area contributed by atoms with Crippen molar-refractivity contribution in [3.05, 3.63) is 60.3 Å². The molecule has 0 amide bonds. The number of hydrogen-bond donors (Lipinski definition) is 0. The van der Waals surface area contributed by atoms with Gasteiger partial charge in [-0.3, -0.25) is 4.68 Å². The Kier molecular flexibility index (Phi) is 4.29. The average molecular weight is 417 g/mol. The van der Waals surface area contributed by atoms with Crippen LogP contribution in [0.5, 0.6) is 17.2 Å². The maximum atomic E-state index is 6.30. The molecule has 0 saturated heterocycles. The molecule has 8 nitrogen and oxygen atoms in total. The highest BCUT2D eigenvalue weighted by atomic mass is 16.6. The minimum absolute atomic E-state index is 0.206. The maximum absolute atomic E-state index is 6.30. The minimum Gasteiger partial charge on any atom is -0.493 e. The van der Waals surface area contributed by atoms with Crippen LogP contribution in [0.15, 0.2) is 49.2 Å². The molecule has 158 valence electrons. The lowest BCUT2D eigenvalue weighted by Gasteiger charge is -2.27. The third kappa shape index (κ3) is 3.48. The molecule has 31 heavy (non-hydrogen) atoms. The van der Waals surface area contributed by atoms with Gasteiger partial charge in [0.2, 0.25) is 5.75 Å². The SMILES string of the molecule is COc1cc(Cn2cnc3cccnc32)cc2c1OC(c1cnn(CC3CC3)c1)CO2. The first kappa shape index (κ1) is 18.2. The van der Waals surface area contributed by atoms with Crippen LogP contribution in [-0.4, -0.2) is 38.0 Å². The fourth-order valence-electron chi connectivity index (χ4n) is 4.02. The van der Waals surface area contributed by atoms with E-state index in [1.54, 1.807) is 19.6 Å². The quantitative estimate of drug-likeness (QED) is 0.477. The van der Waals surface area contributed by atoms with Gasteiger partial charge in [0.25, 0.3) is 0 Å². The number of pyridine rings is 1. The Balaban J connectivity index is 1.25. The molecule has 0 radical (unpaired) electrons. The normalized spacial score (nSPS) is 17.8. The lowest BCUT2D eigenvalue weighted by Crippen LogP contribution is -2.22. The summed E-state index contributed by atoms with van der Waals surface area (Å²) in [4.78, 5) is 8.86. The Bertz CT molecular complexity index is 1230. The van der Waals surface area contributed by atoms with Crippen molar-refractivity contribution in [1.29, 1.82) is 0 Å². The summed E-state index contributed by atoms with van der Waals surface area (Å²) in [6.45, 7) is 2.02. The van der Waals surface area contributed by atoms with Crippen LogP contribution in [0.2, 0.25) is 0 Å². The van der Waals surface area contributed by atoms with Crippen LogP contribution in [0.3, 0.4) is 0 Å². The second-order valence-corrected chi connectivity index (χ2v) is 8.20. The maximum Gasteiger partial charge on any atom is 0.204 e. The van der Waals surface area contributed by atoms with E-state index in [4.69, 9.17) is 14.2 Å². The first-order valence-corrected chi connectivity index (χ1v) is 10.6. The fraction of sp³-hybridized carbons (Fsp3) is 0.348. The van der Waals surface area contributed by atoms with Crippen LogP contribution in [-0.2, 0) is 13.1 Å². The number of rotatable bonds is 6. The van der Waals surface area contributed by atoms with Crippen LogP contribution in [0.25, 0.3) is 11.2 Å². The molecular formula is C23H23N5O3. The second-order valence-electron chi connectivity index (χ2n) is 8.20. The standard InChI is InChI=1S/C23H23N5O3/c1-29-19-7-16(10-27-14-25-18-3-2-6-24-23(18)27)8-20-22(19)31-21(13-30-20)17-9-26-28(12-17)11-15-4-5-15/h2-3,6-9,12,14-15,21H,4-5,10-11,13H2,1H3. The molecule has 6 rings (SSSR count). The Morgan fingerprint density at radius 3 is 3.03 bits per heavy atom. The van der Waals surface area contributed by atoms with Gasteiger partial charge < -0.3 is 18.8 Å². The van der Waals surface area contributed by atoms with Crippen molar-refractivity contribution in [3.63, 3.8) is 0 Å². The molecular weight excluding hydrogens is 394 g/mol. The number of imidazole rings is 1. The van der Waals surface area contributed by atoms with Gasteiger partial charge in [-0.05, 0) is 48.6 Å². The molecule has 1 fully saturated rings. The number of hydrogen-bond acceptors (Lipinski definition) is 6. The van der Waals surface area contributed by atoms with Crippen LogP contribution < -0.4 is 14.2 Å². The first-order valence-electron chi connectivity index (χ1n) is 10.6. The topological polar surface area (TPSA) is 76.2 Å². The molecule has 0 N–H and O–H groups in total. The van der Waals surface area contributed by atoms with E-state index in [0.29, 0.717) is 30.4 Å². The molecule has 1 aliphatic heterocycles. The predicted octanol–water partition coefficient (Wildman–Crippen LogP) is 3.61. The molecule has 4 heterocycles. The number of aromatic nitrogens is 5. The summed E-state index contributed by atoms with van der Waals surface area (Å²) in [5.41, 5.74) is 3.77. The van der Waals surface area contributed by atoms with E-state index < -0.39 is 0 Å². The second kappa shape index (κ2) is 7.30. The van der Waals surface area contributed by atoms with E-state index in [1.807, 2.05) is 39.7 Å². The molecule has 1 atom stereocenters. The number of nitrogens with zero attached hydrogens (tertiary/aromatic N) is 5. The highest BCUT2D eigenvalue weighted by Gasteiger charge is 2.28. The van der Waals surface area contributed by atoms with Gasteiger partial charge in [0.05, 0.1) is 26.2 Å². The van der Waals surface area contributed by atoms with E-state index >= 15 is 0 Å². The van der Waals surface area contributed by atoms with Gasteiger partial charge in [0.1, 0.15) is 12.1 Å². The highest BCUT2D eigenvalue weighted by molar-refractivity contribution is 5.70. The summed E-state index contributed by atoms with van der Waals surface area (Å²) < 4.78 is 22.1.